The fourth-order valence-corrected chi connectivity index (χ4v) is 4.16. The van der Waals surface area contributed by atoms with E-state index in [4.69, 9.17) is 10.5 Å². The Morgan fingerprint density at radius 1 is 0.935 bits per heavy atom. The van der Waals surface area contributed by atoms with Gasteiger partial charge in [0.1, 0.15) is 12.4 Å². The number of carbonyl (C=O) groups is 2. The lowest BCUT2D eigenvalue weighted by Crippen LogP contribution is -2.43. The number of benzene rings is 3. The molecule has 3 aromatic rings. The van der Waals surface area contributed by atoms with E-state index in [1.54, 1.807) is 0 Å². The fraction of sp³-hybridized carbons (Fsp3) is 0.200. The molecule has 0 fully saturated rings. The number of halogens is 1. The van der Waals surface area contributed by atoms with Crippen molar-refractivity contribution in [1.29, 1.82) is 0 Å². The van der Waals surface area contributed by atoms with Crippen molar-refractivity contribution >= 4 is 11.9 Å². The van der Waals surface area contributed by atoms with E-state index in [-0.39, 0.29) is 18.9 Å². The van der Waals surface area contributed by atoms with Crippen molar-refractivity contribution in [1.82, 2.24) is 0 Å². The van der Waals surface area contributed by atoms with Gasteiger partial charge in [-0.25, -0.2) is 4.39 Å². The van der Waals surface area contributed by atoms with Gasteiger partial charge in [-0.3, -0.25) is 9.59 Å². The predicted octanol–water partition coefficient (Wildman–Crippen LogP) is 3.75. The highest BCUT2D eigenvalue weighted by molar-refractivity contribution is 5.95. The number of carbonyl (C=O) groups excluding carboxylic acids is 1. The number of rotatable bonds is 7. The molecule has 0 spiro atoms. The van der Waals surface area contributed by atoms with Crippen molar-refractivity contribution in [3.05, 3.63) is 95.3 Å². The van der Waals surface area contributed by atoms with Crippen LogP contribution in [0.5, 0.6) is 0 Å². The number of carboxylic acids is 1. The smallest absolute Gasteiger partial charge is 0.321 e. The first-order valence-corrected chi connectivity index (χ1v) is 10.0. The second kappa shape index (κ2) is 8.70. The Labute approximate surface area is 179 Å². The predicted molar refractivity (Wildman–Crippen MR) is 114 cm³/mol. The molecule has 0 radical (unpaired) electrons. The van der Waals surface area contributed by atoms with Crippen LogP contribution in [-0.2, 0) is 20.7 Å². The summed E-state index contributed by atoms with van der Waals surface area (Å²) in [4.78, 5) is 24.5. The van der Waals surface area contributed by atoms with Gasteiger partial charge in [-0.1, -0.05) is 60.7 Å². The second-order valence-electron chi connectivity index (χ2n) is 7.67. The Balaban J connectivity index is 1.49. The van der Waals surface area contributed by atoms with Crippen molar-refractivity contribution in [2.45, 2.75) is 18.4 Å². The van der Waals surface area contributed by atoms with Crippen molar-refractivity contribution < 1.29 is 23.8 Å². The molecule has 0 saturated carbocycles. The molecular formula is C25H22FNO4. The van der Waals surface area contributed by atoms with Gasteiger partial charge in [0.05, 0.1) is 0 Å². The van der Waals surface area contributed by atoms with Gasteiger partial charge in [0.15, 0.2) is 5.92 Å². The van der Waals surface area contributed by atoms with Crippen molar-refractivity contribution in [3.8, 4) is 11.1 Å². The minimum Gasteiger partial charge on any atom is -0.481 e. The molecular weight excluding hydrogens is 397 g/mol. The zero-order valence-electron chi connectivity index (χ0n) is 16.7. The molecule has 2 atom stereocenters. The van der Waals surface area contributed by atoms with Gasteiger partial charge in [-0.05, 0) is 46.4 Å². The number of esters is 1. The molecule has 0 saturated heterocycles. The molecule has 0 aliphatic heterocycles. The highest BCUT2D eigenvalue weighted by Crippen LogP contribution is 2.44. The van der Waals surface area contributed by atoms with Crippen LogP contribution in [0, 0.1) is 11.7 Å². The van der Waals surface area contributed by atoms with Gasteiger partial charge in [-0.2, -0.15) is 0 Å². The molecule has 1 aliphatic rings. The van der Waals surface area contributed by atoms with Crippen LogP contribution in [0.1, 0.15) is 22.6 Å². The van der Waals surface area contributed by atoms with Crippen molar-refractivity contribution in [3.63, 3.8) is 0 Å². The SMILES string of the molecule is N[C@H](Cc1ccc(F)cc1)[C@@H](C(=O)O)C(=O)OCC1c2ccccc2-c2ccccc21. The topological polar surface area (TPSA) is 89.6 Å². The number of hydrogen-bond donors (Lipinski definition) is 2. The third-order valence-electron chi connectivity index (χ3n) is 5.69. The maximum atomic E-state index is 13.1. The zero-order valence-corrected chi connectivity index (χ0v) is 16.7. The molecule has 0 unspecified atom stereocenters. The minimum absolute atomic E-state index is 0.0277. The van der Waals surface area contributed by atoms with Crippen LogP contribution in [0.2, 0.25) is 0 Å². The normalized spacial score (nSPS) is 14.4. The lowest BCUT2D eigenvalue weighted by Gasteiger charge is -2.21. The molecule has 3 N–H and O–H groups in total. The standard InChI is InChI=1S/C25H22FNO4/c26-16-11-9-15(10-12-16)13-22(27)23(24(28)29)25(30)31-14-21-19-7-3-1-5-17(19)18-6-2-4-8-20(18)21/h1-12,21-23H,13-14,27H2,(H,28,29)/t22-,23+/m1/s1. The van der Waals surface area contributed by atoms with E-state index in [9.17, 15) is 19.1 Å². The Kier molecular flexibility index (Phi) is 5.82. The summed E-state index contributed by atoms with van der Waals surface area (Å²) in [5.41, 5.74) is 10.9. The number of aliphatic carboxylic acids is 1. The summed E-state index contributed by atoms with van der Waals surface area (Å²) >= 11 is 0. The Morgan fingerprint density at radius 3 is 2.03 bits per heavy atom. The Bertz CT molecular complexity index is 1070. The van der Waals surface area contributed by atoms with Crippen molar-refractivity contribution in [2.75, 3.05) is 6.61 Å². The van der Waals surface area contributed by atoms with Gasteiger partial charge in [-0.15, -0.1) is 0 Å². The molecule has 3 aromatic carbocycles. The van der Waals surface area contributed by atoms with Gasteiger partial charge in [0.25, 0.3) is 0 Å². The first kappa shape index (κ1) is 20.8. The number of fused-ring (bicyclic) bond motifs is 3. The van der Waals surface area contributed by atoms with Crippen LogP contribution in [-0.4, -0.2) is 29.7 Å². The fourth-order valence-electron chi connectivity index (χ4n) is 4.16. The molecule has 31 heavy (non-hydrogen) atoms. The highest BCUT2D eigenvalue weighted by atomic mass is 19.1. The summed E-state index contributed by atoms with van der Waals surface area (Å²) in [6.07, 6.45) is 0.113. The first-order chi connectivity index (χ1) is 15.0. The first-order valence-electron chi connectivity index (χ1n) is 10.0. The van der Waals surface area contributed by atoms with Crippen LogP contribution in [0.4, 0.5) is 4.39 Å². The quantitative estimate of drug-likeness (QED) is 0.450. The molecule has 0 amide bonds. The highest BCUT2D eigenvalue weighted by Gasteiger charge is 2.36. The van der Waals surface area contributed by atoms with Crippen molar-refractivity contribution in [2.24, 2.45) is 11.7 Å². The molecule has 0 heterocycles. The summed E-state index contributed by atoms with van der Waals surface area (Å²) in [5.74, 6) is -4.30. The zero-order chi connectivity index (χ0) is 22.0. The number of hydrogen-bond acceptors (Lipinski definition) is 4. The van der Waals surface area contributed by atoms with Crippen LogP contribution in [0.15, 0.2) is 72.8 Å². The number of ether oxygens (including phenoxy) is 1. The lowest BCUT2D eigenvalue weighted by atomic mass is 9.94. The van der Waals surface area contributed by atoms with E-state index < -0.39 is 29.7 Å². The molecule has 158 valence electrons. The van der Waals surface area contributed by atoms with E-state index in [1.807, 2.05) is 48.5 Å². The third-order valence-corrected chi connectivity index (χ3v) is 5.69. The van der Waals surface area contributed by atoms with Crippen LogP contribution in [0.25, 0.3) is 11.1 Å². The largest absolute Gasteiger partial charge is 0.481 e. The second-order valence-corrected chi connectivity index (χ2v) is 7.67. The van der Waals surface area contributed by atoms with E-state index in [0.29, 0.717) is 5.56 Å². The minimum atomic E-state index is -1.52. The van der Waals surface area contributed by atoms with Gasteiger partial charge >= 0.3 is 11.9 Å². The Hall–Kier alpha value is -3.51. The average Bonchev–Trinajstić information content (AvgIpc) is 3.07. The summed E-state index contributed by atoms with van der Waals surface area (Å²) in [7, 11) is 0. The van der Waals surface area contributed by atoms with Crippen LogP contribution in [0.3, 0.4) is 0 Å². The maximum Gasteiger partial charge on any atom is 0.321 e. The third kappa shape index (κ3) is 4.20. The molecule has 0 aromatic heterocycles. The summed E-state index contributed by atoms with van der Waals surface area (Å²) < 4.78 is 18.6. The molecule has 5 nitrogen and oxygen atoms in total. The molecule has 4 rings (SSSR count). The van der Waals surface area contributed by atoms with Crippen LogP contribution >= 0.6 is 0 Å². The number of nitrogens with two attached hydrogens (primary N) is 1. The molecule has 6 heteroatoms. The maximum absolute atomic E-state index is 13.1. The van der Waals surface area contributed by atoms with Gasteiger partial charge in [0.2, 0.25) is 0 Å². The summed E-state index contributed by atoms with van der Waals surface area (Å²) in [6, 6.07) is 20.4. The monoisotopic (exact) mass is 419 g/mol. The summed E-state index contributed by atoms with van der Waals surface area (Å²) in [6.45, 7) is 0.0277. The lowest BCUT2D eigenvalue weighted by molar-refractivity contribution is -0.159. The van der Waals surface area contributed by atoms with E-state index in [1.165, 1.54) is 24.3 Å². The van der Waals surface area contributed by atoms with E-state index in [2.05, 4.69) is 0 Å². The average molecular weight is 419 g/mol. The van der Waals surface area contributed by atoms with E-state index in [0.717, 1.165) is 22.3 Å². The van der Waals surface area contributed by atoms with Gasteiger partial charge in [0, 0.05) is 12.0 Å². The van der Waals surface area contributed by atoms with Gasteiger partial charge < -0.3 is 15.6 Å². The number of carboxylic acid groups (broad SMARTS) is 1. The van der Waals surface area contributed by atoms with Crippen LogP contribution < -0.4 is 5.73 Å². The Morgan fingerprint density at radius 2 is 1.48 bits per heavy atom. The molecule has 0 bridgehead atoms. The van der Waals surface area contributed by atoms with E-state index >= 15 is 0 Å². The molecule has 1 aliphatic carbocycles. The summed E-state index contributed by atoms with van der Waals surface area (Å²) in [5, 5.41) is 9.60.